The SMILES string of the molecule is CC(=O)NCCN(C(=O)CN(CCc1ccccc1)C(C)=O)C(C)C(=O)O. The summed E-state index contributed by atoms with van der Waals surface area (Å²) in [5.41, 5.74) is 1.04. The molecule has 2 N–H and O–H groups in total. The standard InChI is InChI=1S/C19H27N3O5/c1-14(19(26)27)22(12-10-20-15(2)23)18(25)13-21(16(3)24)11-9-17-7-5-4-6-8-17/h4-8,14H,9-13H2,1-3H3,(H,20,23)(H,26,27). The zero-order valence-corrected chi connectivity index (χ0v) is 16.0. The zero-order chi connectivity index (χ0) is 20.4. The van der Waals surface area contributed by atoms with E-state index in [0.29, 0.717) is 13.0 Å². The van der Waals surface area contributed by atoms with E-state index in [1.165, 1.54) is 25.7 Å². The van der Waals surface area contributed by atoms with Crippen molar-refractivity contribution >= 4 is 23.7 Å². The minimum atomic E-state index is -1.15. The molecule has 0 bridgehead atoms. The van der Waals surface area contributed by atoms with Crippen molar-refractivity contribution in [3.05, 3.63) is 35.9 Å². The van der Waals surface area contributed by atoms with Crippen LogP contribution in [0.3, 0.4) is 0 Å². The summed E-state index contributed by atoms with van der Waals surface area (Å²) in [5.74, 6) is -2.15. The van der Waals surface area contributed by atoms with E-state index in [1.807, 2.05) is 30.3 Å². The van der Waals surface area contributed by atoms with Crippen LogP contribution in [0.15, 0.2) is 30.3 Å². The first kappa shape index (κ1) is 22.1. The highest BCUT2D eigenvalue weighted by Crippen LogP contribution is 2.05. The molecule has 0 heterocycles. The molecule has 0 saturated heterocycles. The highest BCUT2D eigenvalue weighted by Gasteiger charge is 2.27. The third kappa shape index (κ3) is 7.89. The minimum Gasteiger partial charge on any atom is -0.480 e. The Morgan fingerprint density at radius 1 is 1.07 bits per heavy atom. The van der Waals surface area contributed by atoms with Crippen LogP contribution in [0.25, 0.3) is 0 Å². The van der Waals surface area contributed by atoms with Crippen LogP contribution in [0, 0.1) is 0 Å². The first-order valence-electron chi connectivity index (χ1n) is 8.78. The van der Waals surface area contributed by atoms with Crippen LogP contribution in [0.1, 0.15) is 26.3 Å². The monoisotopic (exact) mass is 377 g/mol. The number of amides is 3. The molecular weight excluding hydrogens is 350 g/mol. The Kier molecular flexibility index (Phi) is 8.98. The molecule has 27 heavy (non-hydrogen) atoms. The Balaban J connectivity index is 2.76. The number of carbonyl (C=O) groups excluding carboxylic acids is 3. The average molecular weight is 377 g/mol. The second-order valence-electron chi connectivity index (χ2n) is 6.26. The largest absolute Gasteiger partial charge is 0.480 e. The summed E-state index contributed by atoms with van der Waals surface area (Å²) in [5, 5.41) is 11.8. The lowest BCUT2D eigenvalue weighted by atomic mass is 10.1. The minimum absolute atomic E-state index is 0.0519. The van der Waals surface area contributed by atoms with Gasteiger partial charge in [0, 0.05) is 33.5 Å². The number of carboxylic acids is 1. The molecule has 1 atom stereocenters. The van der Waals surface area contributed by atoms with Crippen molar-refractivity contribution in [2.24, 2.45) is 0 Å². The Labute approximate surface area is 159 Å². The molecule has 148 valence electrons. The van der Waals surface area contributed by atoms with Crippen LogP contribution in [0.2, 0.25) is 0 Å². The predicted octanol–water partition coefficient (Wildman–Crippen LogP) is 0.515. The molecule has 0 radical (unpaired) electrons. The molecule has 3 amide bonds. The summed E-state index contributed by atoms with van der Waals surface area (Å²) < 4.78 is 0. The van der Waals surface area contributed by atoms with E-state index in [1.54, 1.807) is 0 Å². The average Bonchev–Trinajstić information content (AvgIpc) is 2.61. The van der Waals surface area contributed by atoms with Crippen LogP contribution < -0.4 is 5.32 Å². The van der Waals surface area contributed by atoms with E-state index in [0.717, 1.165) is 10.5 Å². The van der Waals surface area contributed by atoms with Gasteiger partial charge in [-0.05, 0) is 18.9 Å². The summed E-state index contributed by atoms with van der Waals surface area (Å²) in [6.07, 6.45) is 0.591. The van der Waals surface area contributed by atoms with Crippen molar-refractivity contribution in [2.75, 3.05) is 26.2 Å². The number of nitrogens with zero attached hydrogens (tertiary/aromatic N) is 2. The van der Waals surface area contributed by atoms with Crippen molar-refractivity contribution in [1.29, 1.82) is 0 Å². The lowest BCUT2D eigenvalue weighted by molar-refractivity contribution is -0.150. The Bertz CT molecular complexity index is 663. The first-order chi connectivity index (χ1) is 12.7. The number of aliphatic carboxylic acids is 1. The molecule has 8 heteroatoms. The Morgan fingerprint density at radius 2 is 1.70 bits per heavy atom. The van der Waals surface area contributed by atoms with Gasteiger partial charge in [0.25, 0.3) is 0 Å². The van der Waals surface area contributed by atoms with Gasteiger partial charge in [-0.15, -0.1) is 0 Å². The van der Waals surface area contributed by atoms with Gasteiger partial charge in [-0.25, -0.2) is 4.79 Å². The van der Waals surface area contributed by atoms with Gasteiger partial charge in [0.15, 0.2) is 0 Å². The molecule has 0 spiro atoms. The third-order valence-electron chi connectivity index (χ3n) is 4.16. The first-order valence-corrected chi connectivity index (χ1v) is 8.78. The molecule has 8 nitrogen and oxygen atoms in total. The number of hydrogen-bond acceptors (Lipinski definition) is 4. The maximum absolute atomic E-state index is 12.6. The van der Waals surface area contributed by atoms with Gasteiger partial charge in [0.05, 0.1) is 6.54 Å². The lowest BCUT2D eigenvalue weighted by Gasteiger charge is -2.29. The maximum atomic E-state index is 12.6. The summed E-state index contributed by atoms with van der Waals surface area (Å²) in [4.78, 5) is 49.4. The number of rotatable bonds is 10. The highest BCUT2D eigenvalue weighted by molar-refractivity contribution is 5.87. The van der Waals surface area contributed by atoms with Crippen LogP contribution in [-0.2, 0) is 25.6 Å². The van der Waals surface area contributed by atoms with Crippen LogP contribution in [0.4, 0.5) is 0 Å². The molecule has 0 aromatic heterocycles. The molecular formula is C19H27N3O5. The molecule has 0 saturated carbocycles. The van der Waals surface area contributed by atoms with Crippen molar-refractivity contribution in [3.8, 4) is 0 Å². The fraction of sp³-hybridized carbons (Fsp3) is 0.474. The zero-order valence-electron chi connectivity index (χ0n) is 16.0. The summed E-state index contributed by atoms with van der Waals surface area (Å²) >= 11 is 0. The fourth-order valence-corrected chi connectivity index (χ4v) is 2.53. The van der Waals surface area contributed by atoms with Gasteiger partial charge in [-0.2, -0.15) is 0 Å². The van der Waals surface area contributed by atoms with Crippen LogP contribution >= 0.6 is 0 Å². The molecule has 1 aromatic rings. The summed E-state index contributed by atoms with van der Waals surface area (Å²) in [6, 6.07) is 8.51. The second kappa shape index (κ2) is 10.9. The fourth-order valence-electron chi connectivity index (χ4n) is 2.53. The topological polar surface area (TPSA) is 107 Å². The molecule has 1 aromatic carbocycles. The number of carbonyl (C=O) groups is 4. The van der Waals surface area contributed by atoms with Crippen LogP contribution in [-0.4, -0.2) is 70.8 Å². The van der Waals surface area contributed by atoms with Gasteiger partial charge in [-0.1, -0.05) is 30.3 Å². The predicted molar refractivity (Wildman–Crippen MR) is 99.9 cm³/mol. The van der Waals surface area contributed by atoms with E-state index in [9.17, 15) is 24.3 Å². The molecule has 0 aliphatic carbocycles. The molecule has 0 aliphatic heterocycles. The second-order valence-corrected chi connectivity index (χ2v) is 6.26. The normalized spacial score (nSPS) is 11.4. The van der Waals surface area contributed by atoms with E-state index in [4.69, 9.17) is 0 Å². The number of nitrogens with one attached hydrogen (secondary N) is 1. The Morgan fingerprint density at radius 3 is 2.22 bits per heavy atom. The number of carboxylic acid groups (broad SMARTS) is 1. The molecule has 0 aliphatic rings. The lowest BCUT2D eigenvalue weighted by Crippen LogP contribution is -2.51. The number of benzene rings is 1. The summed E-state index contributed by atoms with van der Waals surface area (Å²) in [7, 11) is 0. The van der Waals surface area contributed by atoms with Gasteiger partial charge in [0.2, 0.25) is 17.7 Å². The summed E-state index contributed by atoms with van der Waals surface area (Å²) in [6.45, 7) is 4.45. The van der Waals surface area contributed by atoms with Gasteiger partial charge >= 0.3 is 5.97 Å². The quantitative estimate of drug-likeness (QED) is 0.618. The van der Waals surface area contributed by atoms with E-state index in [-0.39, 0.29) is 31.4 Å². The highest BCUT2D eigenvalue weighted by atomic mass is 16.4. The van der Waals surface area contributed by atoms with Crippen molar-refractivity contribution < 1.29 is 24.3 Å². The smallest absolute Gasteiger partial charge is 0.326 e. The van der Waals surface area contributed by atoms with Crippen molar-refractivity contribution in [2.45, 2.75) is 33.2 Å². The van der Waals surface area contributed by atoms with Crippen molar-refractivity contribution in [1.82, 2.24) is 15.1 Å². The third-order valence-corrected chi connectivity index (χ3v) is 4.16. The van der Waals surface area contributed by atoms with E-state index < -0.39 is 17.9 Å². The molecule has 1 unspecified atom stereocenters. The molecule has 0 fully saturated rings. The van der Waals surface area contributed by atoms with Gasteiger partial charge in [-0.3, -0.25) is 14.4 Å². The number of hydrogen-bond donors (Lipinski definition) is 2. The van der Waals surface area contributed by atoms with Gasteiger partial charge < -0.3 is 20.2 Å². The maximum Gasteiger partial charge on any atom is 0.326 e. The van der Waals surface area contributed by atoms with Crippen LogP contribution in [0.5, 0.6) is 0 Å². The van der Waals surface area contributed by atoms with E-state index in [2.05, 4.69) is 5.32 Å². The van der Waals surface area contributed by atoms with Crippen molar-refractivity contribution in [3.63, 3.8) is 0 Å². The Hall–Kier alpha value is -2.90. The molecule has 1 rings (SSSR count). The van der Waals surface area contributed by atoms with Gasteiger partial charge in [0.1, 0.15) is 6.04 Å². The van der Waals surface area contributed by atoms with E-state index >= 15 is 0 Å².